The average Bonchev–Trinajstić information content (AvgIpc) is 2.98. The molecule has 4 heteroatoms. The van der Waals surface area contributed by atoms with Gasteiger partial charge < -0.3 is 16.0 Å². The lowest BCUT2D eigenvalue weighted by molar-refractivity contribution is 0.949. The molecule has 3 rings (SSSR count). The third-order valence-corrected chi connectivity index (χ3v) is 3.74. The molecule has 3 N–H and O–H groups in total. The normalized spacial score (nSPS) is 14.6. The third-order valence-electron chi connectivity index (χ3n) is 3.74. The first-order valence-corrected chi connectivity index (χ1v) is 7.07. The molecule has 1 fully saturated rings. The van der Waals surface area contributed by atoms with Crippen molar-refractivity contribution >= 4 is 22.9 Å². The predicted molar refractivity (Wildman–Crippen MR) is 84.6 cm³/mol. The Morgan fingerprint density at radius 1 is 1.05 bits per heavy atom. The number of pyridine rings is 1. The average molecular weight is 268 g/mol. The topological polar surface area (TPSA) is 54.2 Å². The van der Waals surface area contributed by atoms with Gasteiger partial charge in [0, 0.05) is 24.5 Å². The fraction of sp³-hybridized carbons (Fsp3) is 0.312. The van der Waals surface area contributed by atoms with Crippen molar-refractivity contribution in [2.45, 2.75) is 19.8 Å². The van der Waals surface area contributed by atoms with Crippen LogP contribution >= 0.6 is 0 Å². The van der Waals surface area contributed by atoms with Crippen LogP contribution in [0.4, 0.5) is 22.9 Å². The van der Waals surface area contributed by atoms with Gasteiger partial charge in [-0.2, -0.15) is 0 Å². The Bertz CT molecular complexity index is 586. The molecule has 0 amide bonds. The Morgan fingerprint density at radius 3 is 2.40 bits per heavy atom. The lowest BCUT2D eigenvalue weighted by Crippen LogP contribution is -2.17. The van der Waals surface area contributed by atoms with E-state index < -0.39 is 0 Å². The number of aryl methyl sites for hydroxylation is 1. The zero-order valence-corrected chi connectivity index (χ0v) is 11.8. The summed E-state index contributed by atoms with van der Waals surface area (Å²) < 4.78 is 0. The highest BCUT2D eigenvalue weighted by molar-refractivity contribution is 5.62. The molecular formula is C16H20N4. The van der Waals surface area contributed by atoms with E-state index in [1.54, 1.807) is 0 Å². The van der Waals surface area contributed by atoms with Crippen LogP contribution in [-0.2, 0) is 0 Å². The molecule has 1 aliphatic heterocycles. The molecule has 2 aromatic rings. The van der Waals surface area contributed by atoms with Crippen LogP contribution in [-0.4, -0.2) is 18.1 Å². The van der Waals surface area contributed by atoms with Crippen molar-refractivity contribution in [2.24, 2.45) is 0 Å². The Hall–Kier alpha value is -2.23. The Labute approximate surface area is 119 Å². The van der Waals surface area contributed by atoms with E-state index in [1.165, 1.54) is 31.6 Å². The molecule has 104 valence electrons. The second-order valence-corrected chi connectivity index (χ2v) is 5.24. The number of nitrogen functional groups attached to an aromatic ring is 1. The zero-order valence-electron chi connectivity index (χ0n) is 11.8. The Morgan fingerprint density at radius 2 is 1.75 bits per heavy atom. The van der Waals surface area contributed by atoms with Crippen molar-refractivity contribution in [3.8, 4) is 0 Å². The molecule has 0 unspecified atom stereocenters. The Kier molecular flexibility index (Phi) is 3.46. The minimum Gasteiger partial charge on any atom is -0.397 e. The van der Waals surface area contributed by atoms with Gasteiger partial charge in [0.1, 0.15) is 5.82 Å². The van der Waals surface area contributed by atoms with Gasteiger partial charge in [-0.15, -0.1) is 0 Å². The number of rotatable bonds is 3. The predicted octanol–water partition coefficient (Wildman–Crippen LogP) is 3.32. The van der Waals surface area contributed by atoms with Gasteiger partial charge >= 0.3 is 0 Å². The van der Waals surface area contributed by atoms with Crippen molar-refractivity contribution < 1.29 is 0 Å². The fourth-order valence-corrected chi connectivity index (χ4v) is 2.52. The minimum absolute atomic E-state index is 0.722. The van der Waals surface area contributed by atoms with Gasteiger partial charge in [-0.05, 0) is 56.2 Å². The quantitative estimate of drug-likeness (QED) is 0.896. The first kappa shape index (κ1) is 12.8. The number of nitrogens with zero attached hydrogens (tertiary/aromatic N) is 2. The first-order valence-electron chi connectivity index (χ1n) is 7.07. The smallest absolute Gasteiger partial charge is 0.130 e. The summed E-state index contributed by atoms with van der Waals surface area (Å²) >= 11 is 0. The maximum atomic E-state index is 5.78. The van der Waals surface area contributed by atoms with E-state index in [9.17, 15) is 0 Å². The van der Waals surface area contributed by atoms with E-state index in [1.807, 2.05) is 19.1 Å². The van der Waals surface area contributed by atoms with Crippen LogP contribution in [0.15, 0.2) is 36.4 Å². The van der Waals surface area contributed by atoms with Crippen LogP contribution in [0, 0.1) is 6.92 Å². The van der Waals surface area contributed by atoms with Gasteiger partial charge in [-0.3, -0.25) is 0 Å². The van der Waals surface area contributed by atoms with Crippen molar-refractivity contribution in [2.75, 3.05) is 29.0 Å². The number of nitrogens with one attached hydrogen (secondary N) is 1. The third kappa shape index (κ3) is 2.69. The number of anilines is 4. The SMILES string of the molecule is Cc1nc(Nc2ccc(N3CCCC3)cc2)ccc1N. The first-order chi connectivity index (χ1) is 9.72. The van der Waals surface area contributed by atoms with Crippen molar-refractivity contribution in [3.63, 3.8) is 0 Å². The molecule has 2 heterocycles. The van der Waals surface area contributed by atoms with Gasteiger partial charge in [0.25, 0.3) is 0 Å². The number of hydrogen-bond acceptors (Lipinski definition) is 4. The number of aromatic nitrogens is 1. The number of hydrogen-bond donors (Lipinski definition) is 2. The van der Waals surface area contributed by atoms with Crippen molar-refractivity contribution in [3.05, 3.63) is 42.1 Å². The van der Waals surface area contributed by atoms with Crippen LogP contribution < -0.4 is 16.0 Å². The largest absolute Gasteiger partial charge is 0.397 e. The summed E-state index contributed by atoms with van der Waals surface area (Å²) in [5, 5.41) is 3.30. The summed E-state index contributed by atoms with van der Waals surface area (Å²) in [6.45, 7) is 4.26. The maximum Gasteiger partial charge on any atom is 0.130 e. The highest BCUT2D eigenvalue weighted by Crippen LogP contribution is 2.23. The molecule has 1 aromatic heterocycles. The summed E-state index contributed by atoms with van der Waals surface area (Å²) in [4.78, 5) is 6.85. The van der Waals surface area contributed by atoms with Gasteiger partial charge in [0.05, 0.1) is 11.4 Å². The molecule has 0 spiro atoms. The second-order valence-electron chi connectivity index (χ2n) is 5.24. The van der Waals surface area contributed by atoms with E-state index in [0.717, 1.165) is 22.9 Å². The summed E-state index contributed by atoms with van der Waals surface area (Å²) in [5.41, 5.74) is 9.70. The molecule has 0 atom stereocenters. The van der Waals surface area contributed by atoms with E-state index in [-0.39, 0.29) is 0 Å². The lowest BCUT2D eigenvalue weighted by Gasteiger charge is -2.18. The van der Waals surface area contributed by atoms with Crippen LogP contribution in [0.25, 0.3) is 0 Å². The molecule has 1 saturated heterocycles. The highest BCUT2D eigenvalue weighted by Gasteiger charge is 2.11. The molecule has 1 aliphatic rings. The van der Waals surface area contributed by atoms with E-state index >= 15 is 0 Å². The molecule has 0 radical (unpaired) electrons. The monoisotopic (exact) mass is 268 g/mol. The van der Waals surface area contributed by atoms with Crippen LogP contribution in [0.2, 0.25) is 0 Å². The summed E-state index contributed by atoms with van der Waals surface area (Å²) in [7, 11) is 0. The van der Waals surface area contributed by atoms with Crippen molar-refractivity contribution in [1.29, 1.82) is 0 Å². The van der Waals surface area contributed by atoms with Gasteiger partial charge in [-0.25, -0.2) is 4.98 Å². The number of benzene rings is 1. The molecular weight excluding hydrogens is 248 g/mol. The standard InChI is InChI=1S/C16H20N4/c1-12-15(17)8-9-16(18-12)19-13-4-6-14(7-5-13)20-10-2-3-11-20/h4-9H,2-3,10-11,17H2,1H3,(H,18,19). The molecule has 1 aromatic carbocycles. The summed E-state index contributed by atoms with van der Waals surface area (Å²) in [6, 6.07) is 12.3. The fourth-order valence-electron chi connectivity index (χ4n) is 2.52. The molecule has 0 aliphatic carbocycles. The van der Waals surface area contributed by atoms with Crippen molar-refractivity contribution in [1.82, 2.24) is 4.98 Å². The van der Waals surface area contributed by atoms with Crippen LogP contribution in [0.3, 0.4) is 0 Å². The molecule has 0 saturated carbocycles. The van der Waals surface area contributed by atoms with Gasteiger partial charge in [-0.1, -0.05) is 0 Å². The van der Waals surface area contributed by atoms with Gasteiger partial charge in [0.2, 0.25) is 0 Å². The van der Waals surface area contributed by atoms with E-state index in [0.29, 0.717) is 0 Å². The molecule has 0 bridgehead atoms. The second kappa shape index (κ2) is 5.41. The Balaban J connectivity index is 1.72. The molecule has 20 heavy (non-hydrogen) atoms. The van der Waals surface area contributed by atoms with E-state index in [2.05, 4.69) is 39.5 Å². The summed E-state index contributed by atoms with van der Waals surface area (Å²) in [6.07, 6.45) is 2.60. The van der Waals surface area contributed by atoms with Crippen LogP contribution in [0.5, 0.6) is 0 Å². The van der Waals surface area contributed by atoms with E-state index in [4.69, 9.17) is 5.73 Å². The maximum absolute atomic E-state index is 5.78. The highest BCUT2D eigenvalue weighted by atomic mass is 15.1. The van der Waals surface area contributed by atoms with Gasteiger partial charge in [0.15, 0.2) is 0 Å². The lowest BCUT2D eigenvalue weighted by atomic mass is 10.2. The molecule has 4 nitrogen and oxygen atoms in total. The van der Waals surface area contributed by atoms with Crippen LogP contribution in [0.1, 0.15) is 18.5 Å². The minimum atomic E-state index is 0.722. The number of nitrogens with two attached hydrogens (primary N) is 1. The summed E-state index contributed by atoms with van der Waals surface area (Å²) in [5.74, 6) is 0.825. The zero-order chi connectivity index (χ0) is 13.9.